The molecule has 0 aromatic carbocycles. The second kappa shape index (κ2) is 5.67. The van der Waals surface area contributed by atoms with Crippen molar-refractivity contribution >= 4 is 7.05 Å². The molecule has 5 nitrogen and oxygen atoms in total. The first-order valence-electron chi connectivity index (χ1n) is 5.16. The maximum atomic E-state index is 9.36. The number of β-amino-alcohol motifs (C(OH)–C–C–N with tert-alkyl or cyclic N) is 1. The van der Waals surface area contributed by atoms with Crippen LogP contribution in [0.25, 0.3) is 0 Å². The Morgan fingerprint density at radius 1 is 1.36 bits per heavy atom. The lowest BCUT2D eigenvalue weighted by Gasteiger charge is -2.35. The van der Waals surface area contributed by atoms with Gasteiger partial charge in [-0.05, 0) is 6.82 Å². The van der Waals surface area contributed by atoms with Crippen LogP contribution < -0.4 is 5.73 Å². The van der Waals surface area contributed by atoms with Crippen molar-refractivity contribution in [2.45, 2.75) is 12.9 Å². The van der Waals surface area contributed by atoms with Crippen molar-refractivity contribution in [3.05, 3.63) is 0 Å². The van der Waals surface area contributed by atoms with E-state index in [2.05, 4.69) is 4.90 Å². The Hall–Kier alpha value is -0.135. The Labute approximate surface area is 85.6 Å². The molecule has 0 radical (unpaired) electrons. The highest BCUT2D eigenvalue weighted by Crippen LogP contribution is 2.03. The van der Waals surface area contributed by atoms with Gasteiger partial charge in [0, 0.05) is 39.3 Å². The van der Waals surface area contributed by atoms with Gasteiger partial charge >= 0.3 is 7.05 Å². The summed E-state index contributed by atoms with van der Waals surface area (Å²) < 4.78 is 0. The van der Waals surface area contributed by atoms with Crippen LogP contribution in [0.3, 0.4) is 0 Å². The average molecular weight is 201 g/mol. The molecule has 1 fully saturated rings. The van der Waals surface area contributed by atoms with Crippen LogP contribution in [0.15, 0.2) is 0 Å². The zero-order valence-electron chi connectivity index (χ0n) is 8.76. The molecule has 14 heavy (non-hydrogen) atoms. The van der Waals surface area contributed by atoms with Crippen molar-refractivity contribution in [3.63, 3.8) is 0 Å². The summed E-state index contributed by atoms with van der Waals surface area (Å²) in [7, 11) is -0.364. The normalized spacial score (nSPS) is 22.3. The molecule has 6 heteroatoms. The summed E-state index contributed by atoms with van der Waals surface area (Å²) in [6, 6.07) is 0. The molecule has 0 aromatic rings. The highest BCUT2D eigenvalue weighted by molar-refractivity contribution is 6.45. The summed E-state index contributed by atoms with van der Waals surface area (Å²) in [5.41, 5.74) is 5.34. The van der Waals surface area contributed by atoms with E-state index in [0.29, 0.717) is 13.1 Å². The van der Waals surface area contributed by atoms with Gasteiger partial charge in [-0.2, -0.15) is 0 Å². The first-order chi connectivity index (χ1) is 6.63. The van der Waals surface area contributed by atoms with Gasteiger partial charge in [0.15, 0.2) is 0 Å². The van der Waals surface area contributed by atoms with Gasteiger partial charge in [0.1, 0.15) is 0 Å². The van der Waals surface area contributed by atoms with Crippen LogP contribution in [0.2, 0.25) is 6.82 Å². The predicted octanol–water partition coefficient (Wildman–Crippen LogP) is -1.97. The largest absolute Gasteiger partial charge is 0.437 e. The maximum absolute atomic E-state index is 9.36. The fourth-order valence-electron chi connectivity index (χ4n) is 1.69. The van der Waals surface area contributed by atoms with Crippen LogP contribution in [0, 0.1) is 0 Å². The van der Waals surface area contributed by atoms with E-state index in [0.717, 1.165) is 26.2 Å². The smallest absolute Gasteiger partial charge is 0.376 e. The van der Waals surface area contributed by atoms with Crippen molar-refractivity contribution in [2.24, 2.45) is 5.73 Å². The Morgan fingerprint density at radius 2 is 1.93 bits per heavy atom. The minimum absolute atomic E-state index is 0.316. The molecule has 1 saturated heterocycles. The molecule has 1 aliphatic heterocycles. The van der Waals surface area contributed by atoms with Crippen LogP contribution in [0.1, 0.15) is 0 Å². The van der Waals surface area contributed by atoms with E-state index in [-0.39, 0.29) is 7.05 Å². The molecule has 1 aliphatic rings. The third-order valence-corrected chi connectivity index (χ3v) is 2.68. The van der Waals surface area contributed by atoms with Crippen molar-refractivity contribution in [3.8, 4) is 0 Å². The fraction of sp³-hybridized carbons (Fsp3) is 1.00. The molecule has 0 bridgehead atoms. The lowest BCUT2D eigenvalue weighted by Crippen LogP contribution is -2.53. The monoisotopic (exact) mass is 201 g/mol. The molecule has 1 atom stereocenters. The van der Waals surface area contributed by atoms with Gasteiger partial charge in [-0.3, -0.25) is 4.90 Å². The Kier molecular flexibility index (Phi) is 4.84. The van der Waals surface area contributed by atoms with Crippen LogP contribution in [-0.2, 0) is 0 Å². The summed E-state index contributed by atoms with van der Waals surface area (Å²) >= 11 is 0. The van der Waals surface area contributed by atoms with Gasteiger partial charge in [0.05, 0.1) is 6.10 Å². The molecule has 82 valence electrons. The first-order valence-corrected chi connectivity index (χ1v) is 5.16. The van der Waals surface area contributed by atoms with Crippen LogP contribution in [-0.4, -0.2) is 72.3 Å². The number of aliphatic hydroxyl groups is 1. The Bertz CT molecular complexity index is 163. The Morgan fingerprint density at radius 3 is 2.36 bits per heavy atom. The molecule has 1 rings (SSSR count). The standard InChI is InChI=1S/C8H20BN3O2/c1-9(14)12-4-2-11(3-5-12)7-8(13)6-10/h8,13-14H,2-7,10H2,1H3. The third kappa shape index (κ3) is 3.55. The highest BCUT2D eigenvalue weighted by atomic mass is 16.3. The molecule has 0 saturated carbocycles. The first kappa shape index (κ1) is 11.9. The molecule has 0 aromatic heterocycles. The van der Waals surface area contributed by atoms with Gasteiger partial charge in [-0.25, -0.2) is 0 Å². The zero-order chi connectivity index (χ0) is 10.6. The van der Waals surface area contributed by atoms with Crippen LogP contribution >= 0.6 is 0 Å². The molecule has 1 unspecified atom stereocenters. The van der Waals surface area contributed by atoms with E-state index in [1.165, 1.54) is 0 Å². The quantitative estimate of drug-likeness (QED) is 0.460. The third-order valence-electron chi connectivity index (χ3n) is 2.68. The van der Waals surface area contributed by atoms with E-state index in [1.807, 2.05) is 4.81 Å². The molecular weight excluding hydrogens is 181 g/mol. The lowest BCUT2D eigenvalue weighted by atomic mass is 9.84. The molecule has 4 N–H and O–H groups in total. The van der Waals surface area contributed by atoms with E-state index in [1.54, 1.807) is 6.82 Å². The average Bonchev–Trinajstić information content (AvgIpc) is 2.18. The molecular formula is C8H20BN3O2. The number of hydrogen-bond acceptors (Lipinski definition) is 5. The van der Waals surface area contributed by atoms with Crippen molar-refractivity contribution in [1.82, 2.24) is 9.71 Å². The van der Waals surface area contributed by atoms with E-state index < -0.39 is 6.10 Å². The van der Waals surface area contributed by atoms with Crippen molar-refractivity contribution in [2.75, 3.05) is 39.3 Å². The summed E-state index contributed by atoms with van der Waals surface area (Å²) in [5, 5.41) is 18.7. The van der Waals surface area contributed by atoms with Gasteiger partial charge in [-0.1, -0.05) is 0 Å². The summed E-state index contributed by atoms with van der Waals surface area (Å²) in [4.78, 5) is 4.20. The van der Waals surface area contributed by atoms with E-state index in [9.17, 15) is 10.1 Å². The van der Waals surface area contributed by atoms with E-state index >= 15 is 0 Å². The van der Waals surface area contributed by atoms with Gasteiger partial charge in [0.25, 0.3) is 0 Å². The SMILES string of the molecule is CB(O)N1CCN(CC(O)CN)CC1. The highest BCUT2D eigenvalue weighted by Gasteiger charge is 2.22. The topological polar surface area (TPSA) is 73.0 Å². The predicted molar refractivity (Wildman–Crippen MR) is 56.9 cm³/mol. The van der Waals surface area contributed by atoms with Crippen molar-refractivity contribution < 1.29 is 10.1 Å². The fourth-order valence-corrected chi connectivity index (χ4v) is 1.69. The number of nitrogens with two attached hydrogens (primary N) is 1. The maximum Gasteiger partial charge on any atom is 0.376 e. The zero-order valence-corrected chi connectivity index (χ0v) is 8.76. The summed E-state index contributed by atoms with van der Waals surface area (Å²) in [5.74, 6) is 0. The van der Waals surface area contributed by atoms with Crippen molar-refractivity contribution in [1.29, 1.82) is 0 Å². The number of hydrogen-bond donors (Lipinski definition) is 3. The van der Waals surface area contributed by atoms with Gasteiger partial charge in [0.2, 0.25) is 0 Å². The second-order valence-corrected chi connectivity index (χ2v) is 3.86. The summed E-state index contributed by atoms with van der Waals surface area (Å²) in [6.07, 6.45) is -0.423. The molecule has 0 spiro atoms. The summed E-state index contributed by atoms with van der Waals surface area (Å²) in [6.45, 7) is 6.24. The van der Waals surface area contributed by atoms with Crippen LogP contribution in [0.4, 0.5) is 0 Å². The van der Waals surface area contributed by atoms with Gasteiger partial charge in [-0.15, -0.1) is 0 Å². The van der Waals surface area contributed by atoms with E-state index in [4.69, 9.17) is 5.73 Å². The minimum atomic E-state index is -0.423. The van der Waals surface area contributed by atoms with Gasteiger partial charge < -0.3 is 20.7 Å². The second-order valence-electron chi connectivity index (χ2n) is 3.86. The number of aliphatic hydroxyl groups excluding tert-OH is 1. The molecule has 0 aliphatic carbocycles. The number of piperazine rings is 1. The van der Waals surface area contributed by atoms with Crippen LogP contribution in [0.5, 0.6) is 0 Å². The number of rotatable bonds is 4. The number of nitrogens with zero attached hydrogens (tertiary/aromatic N) is 2. The molecule has 0 amide bonds. The lowest BCUT2D eigenvalue weighted by molar-refractivity contribution is 0.0933. The molecule has 1 heterocycles. The Balaban J connectivity index is 2.22. The minimum Gasteiger partial charge on any atom is -0.437 e.